The van der Waals surface area contributed by atoms with Crippen LogP contribution in [0.3, 0.4) is 0 Å². The summed E-state index contributed by atoms with van der Waals surface area (Å²) in [5, 5.41) is 3.23. The molecule has 0 bridgehead atoms. The number of hydrogen-bond acceptors (Lipinski definition) is 2. The van der Waals surface area contributed by atoms with Crippen molar-refractivity contribution in [2.75, 3.05) is 0 Å². The smallest absolute Gasteiger partial charge is 0.292 e. The van der Waals surface area contributed by atoms with E-state index < -0.39 is 0 Å². The number of carbonyl (C=O) groups excluding carboxylic acids is 1. The molecule has 1 amide bonds. The van der Waals surface area contributed by atoms with Gasteiger partial charge in [-0.25, -0.2) is 5.84 Å². The van der Waals surface area contributed by atoms with E-state index in [0.29, 0.717) is 0 Å². The first-order valence-corrected chi connectivity index (χ1v) is 5.72. The van der Waals surface area contributed by atoms with Crippen LogP contribution in [0.25, 0.3) is 10.9 Å². The lowest BCUT2D eigenvalue weighted by Crippen LogP contribution is -2.93. The van der Waals surface area contributed by atoms with Crippen LogP contribution in [-0.4, -0.2) is 16.9 Å². The molecule has 0 aliphatic carbocycles. The molecule has 2 aromatic rings. The van der Waals surface area contributed by atoms with Gasteiger partial charge in [0, 0.05) is 17.3 Å². The van der Waals surface area contributed by atoms with Gasteiger partial charge in [0.15, 0.2) is 6.04 Å². The van der Waals surface area contributed by atoms with Gasteiger partial charge in [-0.3, -0.25) is 10.2 Å². The number of benzene rings is 1. The van der Waals surface area contributed by atoms with Crippen LogP contribution in [0.2, 0.25) is 0 Å². The number of H-pyrrole nitrogens is 1. The number of hydrazine groups is 1. The van der Waals surface area contributed by atoms with Crippen molar-refractivity contribution in [1.29, 1.82) is 0 Å². The molecule has 6 N–H and O–H groups in total. The topological polar surface area (TPSA) is 87.5 Å². The molecule has 1 aromatic carbocycles. The maximum absolute atomic E-state index is 11.6. The third-order valence-corrected chi connectivity index (χ3v) is 3.41. The second-order valence-corrected chi connectivity index (χ2v) is 4.39. The summed E-state index contributed by atoms with van der Waals surface area (Å²) in [4.78, 5) is 15.0. The van der Waals surface area contributed by atoms with E-state index in [1.165, 1.54) is 16.6 Å². The maximum Gasteiger partial charge on any atom is 0.292 e. The number of hydrogen-bond donors (Lipinski definition) is 4. The monoisotopic (exact) mass is 231 g/mol. The number of aromatic amines is 1. The first kappa shape index (κ1) is 10.3. The van der Waals surface area contributed by atoms with E-state index in [1.54, 1.807) is 0 Å². The van der Waals surface area contributed by atoms with Gasteiger partial charge in [-0.2, -0.15) is 0 Å². The summed E-state index contributed by atoms with van der Waals surface area (Å²) in [6.45, 7) is 0.794. The van der Waals surface area contributed by atoms with Gasteiger partial charge in [0.1, 0.15) is 6.54 Å². The highest BCUT2D eigenvalue weighted by atomic mass is 16.2. The van der Waals surface area contributed by atoms with Crippen molar-refractivity contribution in [1.82, 2.24) is 10.4 Å². The number of nitrogens with one attached hydrogen (secondary N) is 2. The van der Waals surface area contributed by atoms with E-state index in [2.05, 4.69) is 22.5 Å². The SMILES string of the molecule is NNC(=O)[C@@H]1Cc2c([nH]c3ccccc23)C[NH2+]1. The number of fused-ring (bicyclic) bond motifs is 3. The fraction of sp³-hybridized carbons (Fsp3) is 0.250. The summed E-state index contributed by atoms with van der Waals surface area (Å²) in [5.74, 6) is 5.07. The van der Waals surface area contributed by atoms with E-state index in [9.17, 15) is 4.79 Å². The van der Waals surface area contributed by atoms with Crippen LogP contribution in [0.15, 0.2) is 24.3 Å². The van der Waals surface area contributed by atoms with Crippen molar-refractivity contribution in [2.24, 2.45) is 5.84 Å². The van der Waals surface area contributed by atoms with Crippen molar-refractivity contribution in [3.05, 3.63) is 35.5 Å². The predicted octanol–water partition coefficient (Wildman–Crippen LogP) is -0.854. The zero-order chi connectivity index (χ0) is 11.8. The normalized spacial score (nSPS) is 19.0. The van der Waals surface area contributed by atoms with Gasteiger partial charge in [-0.1, -0.05) is 18.2 Å². The van der Waals surface area contributed by atoms with E-state index in [-0.39, 0.29) is 11.9 Å². The number of rotatable bonds is 1. The Kier molecular flexibility index (Phi) is 2.35. The number of para-hydroxylation sites is 1. The summed E-state index contributed by atoms with van der Waals surface area (Å²) < 4.78 is 0. The van der Waals surface area contributed by atoms with Crippen molar-refractivity contribution in [3.8, 4) is 0 Å². The number of aromatic nitrogens is 1. The molecule has 1 aliphatic heterocycles. The number of amides is 1. The van der Waals surface area contributed by atoms with Crippen LogP contribution < -0.4 is 16.6 Å². The standard InChI is InChI=1S/C12H14N4O/c13-16-12(17)10-5-8-7-3-1-2-4-9(7)15-11(8)6-14-10/h1-4,10,14-15H,5-6,13H2,(H,16,17)/p+1/t10-/m0/s1. The Morgan fingerprint density at radius 2 is 2.29 bits per heavy atom. The lowest BCUT2D eigenvalue weighted by molar-refractivity contribution is -0.695. The van der Waals surface area contributed by atoms with Crippen molar-refractivity contribution in [2.45, 2.75) is 19.0 Å². The molecule has 0 fully saturated rings. The molecule has 88 valence electrons. The van der Waals surface area contributed by atoms with Gasteiger partial charge >= 0.3 is 0 Å². The molecule has 0 unspecified atom stereocenters. The van der Waals surface area contributed by atoms with Crippen LogP contribution in [0, 0.1) is 0 Å². The molecule has 17 heavy (non-hydrogen) atoms. The highest BCUT2D eigenvalue weighted by Gasteiger charge is 2.29. The molecule has 0 radical (unpaired) electrons. The molecule has 5 nitrogen and oxygen atoms in total. The fourth-order valence-corrected chi connectivity index (χ4v) is 2.53. The first-order valence-electron chi connectivity index (χ1n) is 5.72. The molecule has 1 atom stereocenters. The van der Waals surface area contributed by atoms with Crippen LogP contribution in [0.5, 0.6) is 0 Å². The van der Waals surface area contributed by atoms with Crippen molar-refractivity contribution < 1.29 is 10.1 Å². The minimum atomic E-state index is -0.119. The second kappa shape index (κ2) is 3.87. The largest absolute Gasteiger partial charge is 0.354 e. The molecule has 0 saturated heterocycles. The lowest BCUT2D eigenvalue weighted by atomic mass is 9.98. The van der Waals surface area contributed by atoms with Gasteiger partial charge in [-0.05, 0) is 11.6 Å². The number of carbonyl (C=O) groups is 1. The zero-order valence-electron chi connectivity index (χ0n) is 9.36. The number of nitrogens with two attached hydrogens (primary N) is 2. The van der Waals surface area contributed by atoms with Crippen LogP contribution in [0.1, 0.15) is 11.3 Å². The third kappa shape index (κ3) is 1.60. The van der Waals surface area contributed by atoms with E-state index in [0.717, 1.165) is 18.5 Å². The molecule has 0 spiro atoms. The Hall–Kier alpha value is -1.85. The van der Waals surface area contributed by atoms with Gasteiger partial charge in [0.25, 0.3) is 5.91 Å². The van der Waals surface area contributed by atoms with E-state index in [4.69, 9.17) is 5.84 Å². The Balaban J connectivity index is 2.03. The van der Waals surface area contributed by atoms with Crippen molar-refractivity contribution in [3.63, 3.8) is 0 Å². The Morgan fingerprint density at radius 3 is 3.12 bits per heavy atom. The summed E-state index contributed by atoms with van der Waals surface area (Å²) in [6, 6.07) is 8.07. The average molecular weight is 231 g/mol. The molecule has 0 saturated carbocycles. The van der Waals surface area contributed by atoms with Gasteiger partial charge in [0.05, 0.1) is 5.69 Å². The van der Waals surface area contributed by atoms with E-state index in [1.807, 2.05) is 17.4 Å². The molecular weight excluding hydrogens is 216 g/mol. The fourth-order valence-electron chi connectivity index (χ4n) is 2.53. The molecule has 2 heterocycles. The quantitative estimate of drug-likeness (QED) is 0.292. The highest BCUT2D eigenvalue weighted by Crippen LogP contribution is 2.24. The maximum atomic E-state index is 11.6. The van der Waals surface area contributed by atoms with Gasteiger partial charge in [0.2, 0.25) is 0 Å². The summed E-state index contributed by atoms with van der Waals surface area (Å²) in [5.41, 5.74) is 5.83. The van der Waals surface area contributed by atoms with E-state index >= 15 is 0 Å². The van der Waals surface area contributed by atoms with Crippen LogP contribution in [-0.2, 0) is 17.8 Å². The van der Waals surface area contributed by atoms with Gasteiger partial charge < -0.3 is 10.3 Å². The first-order chi connectivity index (χ1) is 8.29. The summed E-state index contributed by atoms with van der Waals surface area (Å²) in [6.07, 6.45) is 0.725. The minimum Gasteiger partial charge on any atom is -0.354 e. The van der Waals surface area contributed by atoms with Crippen LogP contribution >= 0.6 is 0 Å². The Morgan fingerprint density at radius 1 is 1.47 bits per heavy atom. The molecule has 3 rings (SSSR count). The Labute approximate surface area is 98.3 Å². The third-order valence-electron chi connectivity index (χ3n) is 3.41. The Bertz CT molecular complexity index is 575. The molecule has 5 heteroatoms. The highest BCUT2D eigenvalue weighted by molar-refractivity contribution is 5.86. The molecule has 1 aliphatic rings. The molecular formula is C12H15N4O+. The number of quaternary nitrogens is 1. The minimum absolute atomic E-state index is 0.110. The average Bonchev–Trinajstić information content (AvgIpc) is 2.75. The van der Waals surface area contributed by atoms with Gasteiger partial charge in [-0.15, -0.1) is 0 Å². The van der Waals surface area contributed by atoms with Crippen LogP contribution in [0.4, 0.5) is 0 Å². The summed E-state index contributed by atoms with van der Waals surface area (Å²) >= 11 is 0. The zero-order valence-corrected chi connectivity index (χ0v) is 9.36. The second-order valence-electron chi connectivity index (χ2n) is 4.39. The molecule has 1 aromatic heterocycles. The summed E-state index contributed by atoms with van der Waals surface area (Å²) in [7, 11) is 0. The van der Waals surface area contributed by atoms with Crippen molar-refractivity contribution >= 4 is 16.8 Å². The predicted molar refractivity (Wildman–Crippen MR) is 63.8 cm³/mol. The lowest BCUT2D eigenvalue weighted by Gasteiger charge is -2.19.